The molecule has 0 heterocycles. The topological polar surface area (TPSA) is 21.3 Å². The number of nitrogens with one attached hydrogen (secondary N) is 1. The van der Waals surface area contributed by atoms with Crippen LogP contribution in [-0.2, 0) is 0 Å². The molecule has 0 fully saturated rings. The number of ether oxygens (including phenoxy) is 1. The highest BCUT2D eigenvalue weighted by molar-refractivity contribution is 6.32. The highest BCUT2D eigenvalue weighted by Gasteiger charge is 2.12. The highest BCUT2D eigenvalue weighted by atomic mass is 35.5. The predicted molar refractivity (Wildman–Crippen MR) is 83.3 cm³/mol. The molecule has 108 valence electrons. The third-order valence-corrected chi connectivity index (χ3v) is 3.52. The quantitative estimate of drug-likeness (QED) is 0.867. The molecule has 19 heavy (non-hydrogen) atoms. The number of hydrogen-bond acceptors (Lipinski definition) is 2. The Morgan fingerprint density at radius 2 is 1.74 bits per heavy atom. The van der Waals surface area contributed by atoms with Crippen LogP contribution >= 0.6 is 11.6 Å². The summed E-state index contributed by atoms with van der Waals surface area (Å²) in [5.41, 5.74) is 2.29. The van der Waals surface area contributed by atoms with E-state index in [4.69, 9.17) is 16.3 Å². The van der Waals surface area contributed by atoms with Crippen LogP contribution < -0.4 is 10.1 Å². The van der Waals surface area contributed by atoms with Gasteiger partial charge in [-0.1, -0.05) is 18.5 Å². The molecular weight excluding hydrogens is 258 g/mol. The highest BCUT2D eigenvalue weighted by Crippen LogP contribution is 2.26. The van der Waals surface area contributed by atoms with Crippen molar-refractivity contribution < 1.29 is 4.74 Å². The van der Waals surface area contributed by atoms with Gasteiger partial charge in [0.1, 0.15) is 5.75 Å². The first-order valence-corrected chi connectivity index (χ1v) is 7.21. The van der Waals surface area contributed by atoms with Crippen LogP contribution in [0.3, 0.4) is 0 Å². The van der Waals surface area contributed by atoms with Crippen LogP contribution in [0, 0.1) is 19.8 Å². The van der Waals surface area contributed by atoms with Gasteiger partial charge >= 0.3 is 0 Å². The molecule has 0 radical (unpaired) electrons. The van der Waals surface area contributed by atoms with E-state index in [2.05, 4.69) is 33.0 Å². The van der Waals surface area contributed by atoms with Gasteiger partial charge in [-0.25, -0.2) is 0 Å². The number of rotatable bonds is 5. The second-order valence-corrected chi connectivity index (χ2v) is 6.80. The Hall–Kier alpha value is -0.730. The van der Waals surface area contributed by atoms with Crippen molar-refractivity contribution in [2.24, 2.45) is 5.92 Å². The van der Waals surface area contributed by atoms with Crippen LogP contribution in [0.2, 0.25) is 5.02 Å². The largest absolute Gasteiger partial charge is 0.493 e. The molecular formula is C16H26ClNO. The minimum absolute atomic E-state index is 0.154. The molecule has 1 rings (SSSR count). The van der Waals surface area contributed by atoms with Gasteiger partial charge in [-0.2, -0.15) is 0 Å². The summed E-state index contributed by atoms with van der Waals surface area (Å²) in [7, 11) is 0. The first-order valence-electron chi connectivity index (χ1n) is 6.83. The summed E-state index contributed by atoms with van der Waals surface area (Å²) in [6.45, 7) is 14.4. The van der Waals surface area contributed by atoms with Gasteiger partial charge in [0.05, 0.1) is 6.61 Å². The Bertz CT molecular complexity index is 400. The third kappa shape index (κ3) is 5.84. The van der Waals surface area contributed by atoms with Crippen molar-refractivity contribution in [3.05, 3.63) is 28.3 Å². The molecule has 0 bridgehead atoms. The average molecular weight is 284 g/mol. The predicted octanol–water partition coefficient (Wildman–Crippen LogP) is 4.36. The normalized spacial score (nSPS) is 13.4. The lowest BCUT2D eigenvalue weighted by Crippen LogP contribution is -2.39. The van der Waals surface area contributed by atoms with E-state index in [9.17, 15) is 0 Å². The molecule has 0 aliphatic heterocycles. The molecule has 0 amide bonds. The van der Waals surface area contributed by atoms with Gasteiger partial charge in [0.2, 0.25) is 0 Å². The zero-order valence-corrected chi connectivity index (χ0v) is 13.7. The van der Waals surface area contributed by atoms with Crippen molar-refractivity contribution >= 4 is 11.6 Å². The summed E-state index contributed by atoms with van der Waals surface area (Å²) >= 11 is 6.15. The SMILES string of the molecule is Cc1cc(OCC(C)CNC(C)(C)C)cc(C)c1Cl. The van der Waals surface area contributed by atoms with E-state index >= 15 is 0 Å². The van der Waals surface area contributed by atoms with Crippen molar-refractivity contribution in [2.45, 2.75) is 47.1 Å². The molecule has 1 atom stereocenters. The molecule has 1 unspecified atom stereocenters. The van der Waals surface area contributed by atoms with Gasteiger partial charge in [-0.15, -0.1) is 0 Å². The van der Waals surface area contributed by atoms with Gasteiger partial charge in [-0.3, -0.25) is 0 Å². The fraction of sp³-hybridized carbons (Fsp3) is 0.625. The van der Waals surface area contributed by atoms with E-state index in [1.165, 1.54) is 0 Å². The summed E-state index contributed by atoms with van der Waals surface area (Å²) < 4.78 is 5.85. The van der Waals surface area contributed by atoms with Gasteiger partial charge in [0.15, 0.2) is 0 Å². The minimum Gasteiger partial charge on any atom is -0.493 e. The van der Waals surface area contributed by atoms with E-state index in [1.54, 1.807) is 0 Å². The van der Waals surface area contributed by atoms with Crippen LogP contribution in [-0.4, -0.2) is 18.7 Å². The summed E-state index contributed by atoms with van der Waals surface area (Å²) in [4.78, 5) is 0. The number of hydrogen-bond donors (Lipinski definition) is 1. The first kappa shape index (κ1) is 16.3. The monoisotopic (exact) mass is 283 g/mol. The molecule has 0 aliphatic rings. The zero-order valence-electron chi connectivity index (χ0n) is 12.9. The number of aryl methyl sites for hydroxylation is 2. The molecule has 0 saturated carbocycles. The van der Waals surface area contributed by atoms with Crippen molar-refractivity contribution in [3.8, 4) is 5.75 Å². The maximum atomic E-state index is 6.15. The van der Waals surface area contributed by atoms with Crippen molar-refractivity contribution in [2.75, 3.05) is 13.2 Å². The van der Waals surface area contributed by atoms with Crippen LogP contribution in [0.1, 0.15) is 38.8 Å². The second kappa shape index (κ2) is 6.62. The fourth-order valence-electron chi connectivity index (χ4n) is 1.77. The molecule has 1 N–H and O–H groups in total. The summed E-state index contributed by atoms with van der Waals surface area (Å²) in [6, 6.07) is 4.00. The average Bonchev–Trinajstić information content (AvgIpc) is 2.29. The zero-order chi connectivity index (χ0) is 14.6. The van der Waals surface area contributed by atoms with E-state index in [0.29, 0.717) is 12.5 Å². The number of benzene rings is 1. The molecule has 0 aromatic heterocycles. The Morgan fingerprint density at radius 1 is 1.21 bits per heavy atom. The van der Waals surface area contributed by atoms with Gasteiger partial charge in [0.25, 0.3) is 0 Å². The summed E-state index contributed by atoms with van der Waals surface area (Å²) in [6.07, 6.45) is 0. The standard InChI is InChI=1S/C16H26ClNO/c1-11(9-18-16(4,5)6)10-19-14-7-12(2)15(17)13(3)8-14/h7-8,11,18H,9-10H2,1-6H3. The van der Waals surface area contributed by atoms with Crippen molar-refractivity contribution in [1.82, 2.24) is 5.32 Å². The van der Waals surface area contributed by atoms with Gasteiger partial charge < -0.3 is 10.1 Å². The fourth-order valence-corrected chi connectivity index (χ4v) is 1.88. The Balaban J connectivity index is 2.48. The Labute approximate surface area is 122 Å². The Morgan fingerprint density at radius 3 is 2.21 bits per heavy atom. The maximum absolute atomic E-state index is 6.15. The Kier molecular flexibility index (Phi) is 5.69. The van der Waals surface area contributed by atoms with Gasteiger partial charge in [-0.05, 0) is 57.9 Å². The summed E-state index contributed by atoms with van der Waals surface area (Å²) in [5.74, 6) is 1.37. The molecule has 0 saturated heterocycles. The number of halogens is 1. The van der Waals surface area contributed by atoms with E-state index in [0.717, 1.165) is 28.4 Å². The lowest BCUT2D eigenvalue weighted by Gasteiger charge is -2.23. The smallest absolute Gasteiger partial charge is 0.119 e. The van der Waals surface area contributed by atoms with Crippen molar-refractivity contribution in [1.29, 1.82) is 0 Å². The van der Waals surface area contributed by atoms with E-state index < -0.39 is 0 Å². The minimum atomic E-state index is 0.154. The molecule has 1 aromatic rings. The lowest BCUT2D eigenvalue weighted by molar-refractivity contribution is 0.244. The van der Waals surface area contributed by atoms with Crippen LogP contribution in [0.4, 0.5) is 0 Å². The van der Waals surface area contributed by atoms with E-state index in [1.807, 2.05) is 26.0 Å². The van der Waals surface area contributed by atoms with Crippen LogP contribution in [0.25, 0.3) is 0 Å². The maximum Gasteiger partial charge on any atom is 0.119 e. The lowest BCUT2D eigenvalue weighted by atomic mass is 10.1. The third-order valence-electron chi connectivity index (χ3n) is 2.93. The van der Waals surface area contributed by atoms with Crippen LogP contribution in [0.15, 0.2) is 12.1 Å². The molecule has 3 heteroatoms. The van der Waals surface area contributed by atoms with Crippen LogP contribution in [0.5, 0.6) is 5.75 Å². The van der Waals surface area contributed by atoms with E-state index in [-0.39, 0.29) is 5.54 Å². The molecule has 1 aromatic carbocycles. The second-order valence-electron chi connectivity index (χ2n) is 6.42. The summed E-state index contributed by atoms with van der Waals surface area (Å²) in [5, 5.41) is 4.32. The molecule has 0 aliphatic carbocycles. The molecule has 2 nitrogen and oxygen atoms in total. The molecule has 0 spiro atoms. The van der Waals surface area contributed by atoms with Crippen molar-refractivity contribution in [3.63, 3.8) is 0 Å². The first-order chi connectivity index (χ1) is 8.69. The van der Waals surface area contributed by atoms with Gasteiger partial charge in [0, 0.05) is 23.0 Å².